The van der Waals surface area contributed by atoms with Gasteiger partial charge in [0.15, 0.2) is 16.7 Å². The Morgan fingerprint density at radius 3 is 2.47 bits per heavy atom. The predicted octanol–water partition coefficient (Wildman–Crippen LogP) is 3.12. The van der Waals surface area contributed by atoms with Crippen molar-refractivity contribution in [2.24, 2.45) is 0 Å². The number of benzene rings is 2. The summed E-state index contributed by atoms with van der Waals surface area (Å²) in [7, 11) is 3.48. The molecule has 1 atom stereocenters. The van der Waals surface area contributed by atoms with Gasteiger partial charge in [-0.25, -0.2) is 13.7 Å². The van der Waals surface area contributed by atoms with E-state index >= 15 is 0 Å². The maximum absolute atomic E-state index is 13.0. The normalized spacial score (nSPS) is 15.5. The van der Waals surface area contributed by atoms with E-state index in [9.17, 15) is 9.00 Å². The van der Waals surface area contributed by atoms with E-state index in [0.717, 1.165) is 48.7 Å². The van der Waals surface area contributed by atoms with Crippen LogP contribution in [0.5, 0.6) is 0 Å². The molecule has 1 fully saturated rings. The smallest absolute Gasteiger partial charge is 0.253 e. The average Bonchev–Trinajstić information content (AvgIpc) is 3.32. The first-order chi connectivity index (χ1) is 16.5. The van der Waals surface area contributed by atoms with E-state index in [1.165, 1.54) is 7.11 Å². The molecule has 5 rings (SSSR count). The number of hydrogen-bond acceptors (Lipinski definition) is 6. The maximum atomic E-state index is 13.0. The van der Waals surface area contributed by atoms with Crippen LogP contribution >= 0.6 is 0 Å². The molecule has 1 unspecified atom stereocenters. The number of hydrogen-bond donors (Lipinski definition) is 0. The molecule has 9 heteroatoms. The molecule has 0 saturated carbocycles. The maximum Gasteiger partial charge on any atom is 0.253 e. The zero-order valence-electron chi connectivity index (χ0n) is 19.0. The lowest BCUT2D eigenvalue weighted by atomic mass is 10.1. The molecule has 2 aromatic carbocycles. The summed E-state index contributed by atoms with van der Waals surface area (Å²) in [6.07, 6.45) is 1.77. The molecule has 1 aliphatic rings. The standard InChI is InChI=1S/C25H25N5O3S/c1-28-12-14-29(15-13-28)25(31)20-5-3-4-19(16-20)22-10-11-24-26-17-23(30(24)27-22)18-6-8-21(9-7-18)34(32)33-2/h3-11,16-17H,12-15H2,1-2H3. The number of nitrogens with zero attached hydrogens (tertiary/aromatic N) is 5. The molecule has 34 heavy (non-hydrogen) atoms. The number of likely N-dealkylation sites (N-methyl/N-ethyl adjacent to an activating group) is 1. The van der Waals surface area contributed by atoms with E-state index in [2.05, 4.69) is 16.9 Å². The lowest BCUT2D eigenvalue weighted by Gasteiger charge is -2.32. The molecule has 0 aliphatic carbocycles. The van der Waals surface area contributed by atoms with Gasteiger partial charge in [-0.1, -0.05) is 24.3 Å². The monoisotopic (exact) mass is 475 g/mol. The van der Waals surface area contributed by atoms with Crippen molar-refractivity contribution in [3.05, 3.63) is 72.4 Å². The van der Waals surface area contributed by atoms with Crippen LogP contribution in [-0.4, -0.2) is 74.9 Å². The largest absolute Gasteiger partial charge is 0.336 e. The first-order valence-corrected chi connectivity index (χ1v) is 12.1. The number of fused-ring (bicyclic) bond motifs is 1. The fourth-order valence-corrected chi connectivity index (χ4v) is 4.61. The third-order valence-electron chi connectivity index (χ3n) is 6.05. The number of carbonyl (C=O) groups is 1. The molecule has 1 amide bonds. The summed E-state index contributed by atoms with van der Waals surface area (Å²) in [5, 5.41) is 4.82. The van der Waals surface area contributed by atoms with Gasteiger partial charge in [-0.3, -0.25) is 8.98 Å². The van der Waals surface area contributed by atoms with Gasteiger partial charge in [0.1, 0.15) is 0 Å². The number of piperazine rings is 1. The molecular weight excluding hydrogens is 450 g/mol. The van der Waals surface area contributed by atoms with Crippen molar-refractivity contribution in [2.75, 3.05) is 40.3 Å². The van der Waals surface area contributed by atoms with Crippen LogP contribution in [0.1, 0.15) is 10.4 Å². The summed E-state index contributed by atoms with van der Waals surface area (Å²) >= 11 is -1.48. The number of rotatable bonds is 5. The van der Waals surface area contributed by atoms with Crippen molar-refractivity contribution in [3.8, 4) is 22.5 Å². The van der Waals surface area contributed by atoms with Crippen molar-refractivity contribution < 1.29 is 13.2 Å². The fraction of sp³-hybridized carbons (Fsp3) is 0.240. The van der Waals surface area contributed by atoms with Crippen molar-refractivity contribution in [1.29, 1.82) is 0 Å². The highest BCUT2D eigenvalue weighted by atomic mass is 32.2. The molecule has 1 aliphatic heterocycles. The Hall–Kier alpha value is -3.40. The zero-order valence-corrected chi connectivity index (χ0v) is 19.9. The molecule has 174 valence electrons. The van der Waals surface area contributed by atoms with Gasteiger partial charge in [0.05, 0.1) is 29.6 Å². The number of carbonyl (C=O) groups excluding carboxylic acids is 1. The summed E-state index contributed by atoms with van der Waals surface area (Å²) in [6, 6.07) is 18.7. The first kappa shape index (κ1) is 22.4. The van der Waals surface area contributed by atoms with Crippen molar-refractivity contribution in [2.45, 2.75) is 4.90 Å². The summed E-state index contributed by atoms with van der Waals surface area (Å²) in [4.78, 5) is 22.2. The second-order valence-electron chi connectivity index (χ2n) is 8.23. The topological polar surface area (TPSA) is 80.0 Å². The minimum Gasteiger partial charge on any atom is -0.336 e. The SMILES string of the molecule is COS(=O)c1ccc(-c2cnc3ccc(-c4cccc(C(=O)N5CCN(C)CC5)c4)nn23)cc1. The summed E-state index contributed by atoms with van der Waals surface area (Å²) in [6.45, 7) is 3.24. The summed E-state index contributed by atoms with van der Waals surface area (Å²) in [5.74, 6) is 0.0490. The van der Waals surface area contributed by atoms with Gasteiger partial charge in [0.25, 0.3) is 5.91 Å². The van der Waals surface area contributed by atoms with Crippen LogP contribution in [0, 0.1) is 0 Å². The quantitative estimate of drug-likeness (QED) is 0.441. The number of amides is 1. The first-order valence-electron chi connectivity index (χ1n) is 11.0. The van der Waals surface area contributed by atoms with Gasteiger partial charge >= 0.3 is 0 Å². The van der Waals surface area contributed by atoms with Crippen LogP contribution < -0.4 is 0 Å². The lowest BCUT2D eigenvalue weighted by molar-refractivity contribution is 0.0664. The highest BCUT2D eigenvalue weighted by molar-refractivity contribution is 7.80. The zero-order chi connectivity index (χ0) is 23.7. The van der Waals surface area contributed by atoms with Gasteiger partial charge in [-0.05, 0) is 43.4 Å². The number of imidazole rings is 1. The fourth-order valence-electron chi connectivity index (χ4n) is 4.06. The molecule has 0 bridgehead atoms. The minimum absolute atomic E-state index is 0.0490. The molecule has 0 radical (unpaired) electrons. The van der Waals surface area contributed by atoms with E-state index in [1.807, 2.05) is 53.4 Å². The van der Waals surface area contributed by atoms with Crippen molar-refractivity contribution >= 4 is 22.6 Å². The van der Waals surface area contributed by atoms with E-state index < -0.39 is 11.1 Å². The predicted molar refractivity (Wildman–Crippen MR) is 131 cm³/mol. The lowest BCUT2D eigenvalue weighted by Crippen LogP contribution is -2.47. The average molecular weight is 476 g/mol. The molecule has 2 aromatic heterocycles. The highest BCUT2D eigenvalue weighted by Crippen LogP contribution is 2.25. The Balaban J connectivity index is 1.45. The number of aromatic nitrogens is 3. The molecule has 3 heterocycles. The van der Waals surface area contributed by atoms with Crippen LogP contribution in [0.15, 0.2) is 71.8 Å². The van der Waals surface area contributed by atoms with Crippen LogP contribution in [0.25, 0.3) is 28.2 Å². The molecule has 8 nitrogen and oxygen atoms in total. The second-order valence-corrected chi connectivity index (χ2v) is 9.51. The van der Waals surface area contributed by atoms with E-state index in [0.29, 0.717) is 16.1 Å². The van der Waals surface area contributed by atoms with Gasteiger partial charge < -0.3 is 9.80 Å². The van der Waals surface area contributed by atoms with Crippen molar-refractivity contribution in [1.82, 2.24) is 24.4 Å². The molecular formula is C25H25N5O3S. The third kappa shape index (κ3) is 4.37. The Bertz CT molecular complexity index is 1360. The third-order valence-corrected chi connectivity index (χ3v) is 7.01. The van der Waals surface area contributed by atoms with E-state index in [4.69, 9.17) is 9.28 Å². The Morgan fingerprint density at radius 2 is 1.74 bits per heavy atom. The molecule has 4 aromatic rings. The van der Waals surface area contributed by atoms with Crippen LogP contribution in [-0.2, 0) is 15.3 Å². The Kier molecular flexibility index (Phi) is 6.23. The van der Waals surface area contributed by atoms with Gasteiger partial charge in [-0.2, -0.15) is 5.10 Å². The summed E-state index contributed by atoms with van der Waals surface area (Å²) < 4.78 is 18.5. The van der Waals surface area contributed by atoms with Gasteiger partial charge in [-0.15, -0.1) is 0 Å². The van der Waals surface area contributed by atoms with E-state index in [-0.39, 0.29) is 5.91 Å². The summed E-state index contributed by atoms with van der Waals surface area (Å²) in [5.41, 5.74) is 4.71. The molecule has 0 N–H and O–H groups in total. The van der Waals surface area contributed by atoms with Crippen LogP contribution in [0.4, 0.5) is 0 Å². The van der Waals surface area contributed by atoms with Crippen LogP contribution in [0.2, 0.25) is 0 Å². The highest BCUT2D eigenvalue weighted by Gasteiger charge is 2.21. The Labute approximate surface area is 200 Å². The van der Waals surface area contributed by atoms with Crippen molar-refractivity contribution in [3.63, 3.8) is 0 Å². The second kappa shape index (κ2) is 9.46. The van der Waals surface area contributed by atoms with Gasteiger partial charge in [0, 0.05) is 42.9 Å². The minimum atomic E-state index is -1.48. The van der Waals surface area contributed by atoms with E-state index in [1.54, 1.807) is 22.8 Å². The van der Waals surface area contributed by atoms with Gasteiger partial charge in [0.2, 0.25) is 0 Å². The molecule has 0 spiro atoms. The molecule has 1 saturated heterocycles. The Morgan fingerprint density at radius 1 is 0.971 bits per heavy atom. The van der Waals surface area contributed by atoms with Crippen LogP contribution in [0.3, 0.4) is 0 Å².